The van der Waals surface area contributed by atoms with Crippen LogP contribution in [0.3, 0.4) is 0 Å². The van der Waals surface area contributed by atoms with Gasteiger partial charge in [-0.25, -0.2) is 0 Å². The molecule has 3 N–H and O–H groups in total. The van der Waals surface area contributed by atoms with Crippen LogP contribution < -0.4 is 5.32 Å². The third kappa shape index (κ3) is 30.3. The lowest BCUT2D eigenvalue weighted by molar-refractivity contribution is 0.0910. The molecule has 0 aliphatic rings. The molecule has 0 aromatic rings. The summed E-state index contributed by atoms with van der Waals surface area (Å²) < 4.78 is 0. The Bertz CT molecular complexity index is 373. The van der Waals surface area contributed by atoms with Crippen molar-refractivity contribution in [3.8, 4) is 0 Å². The Morgan fingerprint density at radius 1 is 0.432 bits per heavy atom. The van der Waals surface area contributed by atoms with Gasteiger partial charge in [-0.15, -0.1) is 0 Å². The monoisotopic (exact) mass is 526 g/mol. The van der Waals surface area contributed by atoms with Crippen molar-refractivity contribution in [1.29, 1.82) is 0 Å². The Morgan fingerprint density at radius 2 is 0.703 bits per heavy atom. The normalized spacial score (nSPS) is 12.6. The van der Waals surface area contributed by atoms with Crippen molar-refractivity contribution >= 4 is 0 Å². The summed E-state index contributed by atoms with van der Waals surface area (Å²) in [5.74, 6) is 0. The quantitative estimate of drug-likeness (QED) is 0.0765. The Kier molecular flexibility index (Phi) is 32.0. The maximum absolute atomic E-state index is 9.76. The summed E-state index contributed by atoms with van der Waals surface area (Å²) in [7, 11) is 0. The lowest BCUT2D eigenvalue weighted by Crippen LogP contribution is -2.37. The summed E-state index contributed by atoms with van der Waals surface area (Å²) in [5.41, 5.74) is 0. The second-order valence-electron chi connectivity index (χ2n) is 12.0. The summed E-state index contributed by atoms with van der Waals surface area (Å²) in [6.07, 6.45) is 38.2. The van der Waals surface area contributed by atoms with Crippen molar-refractivity contribution in [3.63, 3.8) is 0 Å². The predicted octanol–water partition coefficient (Wildman–Crippen LogP) is 10.3. The van der Waals surface area contributed by atoms with E-state index in [9.17, 15) is 5.11 Å². The molecule has 0 fully saturated rings. The number of nitrogens with one attached hydrogen (secondary N) is 1. The van der Waals surface area contributed by atoms with Gasteiger partial charge in [0.2, 0.25) is 0 Å². The zero-order chi connectivity index (χ0) is 27.1. The van der Waals surface area contributed by atoms with E-state index in [1.165, 1.54) is 180 Å². The molecule has 0 aromatic heterocycles. The highest BCUT2D eigenvalue weighted by Crippen LogP contribution is 2.17. The molecule has 0 radical (unpaired) electrons. The lowest BCUT2D eigenvalue weighted by atomic mass is 9.99. The average Bonchev–Trinajstić information content (AvgIpc) is 2.91. The largest absolute Gasteiger partial charge is 0.394 e. The van der Waals surface area contributed by atoms with Crippen LogP contribution in [0.25, 0.3) is 0 Å². The van der Waals surface area contributed by atoms with Gasteiger partial charge in [-0.05, 0) is 12.8 Å². The molecule has 37 heavy (non-hydrogen) atoms. The number of unbranched alkanes of at least 4 members (excludes halogenated alkanes) is 24. The first kappa shape index (κ1) is 36.9. The Balaban J connectivity index is 3.67. The van der Waals surface area contributed by atoms with Gasteiger partial charge in [-0.1, -0.05) is 181 Å². The fourth-order valence-corrected chi connectivity index (χ4v) is 5.53. The molecule has 0 aliphatic carbocycles. The van der Waals surface area contributed by atoms with E-state index in [-0.39, 0.29) is 6.61 Å². The van der Waals surface area contributed by atoms with Gasteiger partial charge in [0.15, 0.2) is 0 Å². The molecule has 0 bridgehead atoms. The standard InChI is InChI=1S/C34H71NO2/c1-3-5-7-9-11-13-15-17-19-21-23-25-27-29-33(35-31-34(37)32-36)30-28-26-24-22-20-18-16-14-12-10-8-6-4-2/h33-37H,3-32H2,1-2H3. The number of rotatable bonds is 32. The Labute approximate surface area is 234 Å². The maximum atomic E-state index is 9.76. The van der Waals surface area contributed by atoms with Gasteiger partial charge >= 0.3 is 0 Å². The maximum Gasteiger partial charge on any atom is 0.0895 e. The molecule has 224 valence electrons. The molecular formula is C34H71NO2. The molecule has 0 spiro atoms. The summed E-state index contributed by atoms with van der Waals surface area (Å²) in [6, 6.07) is 0.501. The SMILES string of the molecule is CCCCCCCCCCCCCCCC(CCCCCCCCCCCCCCC)NCC(O)CO. The molecule has 3 heteroatoms. The van der Waals surface area contributed by atoms with Gasteiger partial charge in [0, 0.05) is 12.6 Å². The van der Waals surface area contributed by atoms with Crippen molar-refractivity contribution in [1.82, 2.24) is 5.32 Å². The minimum atomic E-state index is -0.624. The van der Waals surface area contributed by atoms with Crippen LogP contribution in [0.4, 0.5) is 0 Å². The Morgan fingerprint density at radius 3 is 0.973 bits per heavy atom. The highest BCUT2D eigenvalue weighted by molar-refractivity contribution is 4.70. The van der Waals surface area contributed by atoms with Gasteiger partial charge in [0.1, 0.15) is 0 Å². The smallest absolute Gasteiger partial charge is 0.0895 e. The second kappa shape index (κ2) is 32.1. The third-order valence-corrected chi connectivity index (χ3v) is 8.17. The zero-order valence-corrected chi connectivity index (χ0v) is 25.8. The number of hydrogen-bond donors (Lipinski definition) is 3. The molecule has 1 unspecified atom stereocenters. The minimum Gasteiger partial charge on any atom is -0.394 e. The highest BCUT2D eigenvalue weighted by atomic mass is 16.3. The van der Waals surface area contributed by atoms with Crippen molar-refractivity contribution < 1.29 is 10.2 Å². The van der Waals surface area contributed by atoms with E-state index >= 15 is 0 Å². The van der Waals surface area contributed by atoms with Crippen LogP contribution in [-0.4, -0.2) is 35.5 Å². The van der Waals surface area contributed by atoms with E-state index < -0.39 is 6.10 Å². The topological polar surface area (TPSA) is 52.5 Å². The van der Waals surface area contributed by atoms with E-state index in [4.69, 9.17) is 5.11 Å². The van der Waals surface area contributed by atoms with E-state index in [1.54, 1.807) is 0 Å². The number of aliphatic hydroxyl groups is 2. The second-order valence-corrected chi connectivity index (χ2v) is 12.0. The third-order valence-electron chi connectivity index (χ3n) is 8.17. The number of aliphatic hydroxyl groups excluding tert-OH is 2. The van der Waals surface area contributed by atoms with E-state index in [0.717, 1.165) is 0 Å². The number of hydrogen-bond acceptors (Lipinski definition) is 3. The molecule has 1 atom stereocenters. The van der Waals surface area contributed by atoms with Crippen molar-refractivity contribution in [2.75, 3.05) is 13.2 Å². The van der Waals surface area contributed by atoms with E-state index in [0.29, 0.717) is 12.6 Å². The summed E-state index contributed by atoms with van der Waals surface area (Å²) in [6.45, 7) is 4.97. The van der Waals surface area contributed by atoms with E-state index in [1.807, 2.05) is 0 Å². The van der Waals surface area contributed by atoms with Crippen LogP contribution in [0, 0.1) is 0 Å². The average molecular weight is 526 g/mol. The molecule has 3 nitrogen and oxygen atoms in total. The first-order valence-electron chi connectivity index (χ1n) is 17.3. The molecular weight excluding hydrogens is 454 g/mol. The highest BCUT2D eigenvalue weighted by Gasteiger charge is 2.10. The van der Waals surface area contributed by atoms with Crippen molar-refractivity contribution in [2.45, 2.75) is 206 Å². The van der Waals surface area contributed by atoms with Crippen LogP contribution in [0.2, 0.25) is 0 Å². The molecule has 0 saturated carbocycles. The molecule has 0 aromatic carbocycles. The van der Waals surface area contributed by atoms with Crippen LogP contribution in [0.5, 0.6) is 0 Å². The summed E-state index contributed by atoms with van der Waals surface area (Å²) in [4.78, 5) is 0. The predicted molar refractivity (Wildman–Crippen MR) is 166 cm³/mol. The fourth-order valence-electron chi connectivity index (χ4n) is 5.53. The molecule has 0 rings (SSSR count). The molecule has 0 amide bonds. The van der Waals surface area contributed by atoms with Gasteiger partial charge in [-0.2, -0.15) is 0 Å². The van der Waals surface area contributed by atoms with Crippen LogP contribution in [0.1, 0.15) is 194 Å². The zero-order valence-electron chi connectivity index (χ0n) is 25.8. The van der Waals surface area contributed by atoms with Crippen LogP contribution >= 0.6 is 0 Å². The molecule has 0 aliphatic heterocycles. The van der Waals surface area contributed by atoms with Crippen LogP contribution in [0.15, 0.2) is 0 Å². The first-order valence-corrected chi connectivity index (χ1v) is 17.3. The molecule has 0 heterocycles. The van der Waals surface area contributed by atoms with Crippen molar-refractivity contribution in [2.24, 2.45) is 0 Å². The van der Waals surface area contributed by atoms with Gasteiger partial charge in [0.25, 0.3) is 0 Å². The van der Waals surface area contributed by atoms with Gasteiger partial charge in [0.05, 0.1) is 12.7 Å². The lowest BCUT2D eigenvalue weighted by Gasteiger charge is -2.20. The molecule has 0 saturated heterocycles. The van der Waals surface area contributed by atoms with Crippen LogP contribution in [-0.2, 0) is 0 Å². The summed E-state index contributed by atoms with van der Waals surface area (Å²) >= 11 is 0. The van der Waals surface area contributed by atoms with E-state index in [2.05, 4.69) is 19.2 Å². The minimum absolute atomic E-state index is 0.142. The van der Waals surface area contributed by atoms with Gasteiger partial charge in [-0.3, -0.25) is 0 Å². The first-order chi connectivity index (χ1) is 18.2. The fraction of sp³-hybridized carbons (Fsp3) is 1.00. The summed E-state index contributed by atoms with van der Waals surface area (Å²) in [5, 5.41) is 22.5. The Hall–Kier alpha value is -0.120. The van der Waals surface area contributed by atoms with Gasteiger partial charge < -0.3 is 15.5 Å². The van der Waals surface area contributed by atoms with Crippen molar-refractivity contribution in [3.05, 3.63) is 0 Å².